The van der Waals surface area contributed by atoms with Crippen molar-refractivity contribution in [2.45, 2.75) is 12.5 Å². The van der Waals surface area contributed by atoms with E-state index in [0.717, 1.165) is 11.1 Å². The average molecular weight is 550 g/mol. The summed E-state index contributed by atoms with van der Waals surface area (Å²) in [5, 5.41) is 6.08. The third kappa shape index (κ3) is 6.23. The van der Waals surface area contributed by atoms with Gasteiger partial charge >= 0.3 is 0 Å². The molecule has 0 unspecified atom stereocenters. The minimum atomic E-state index is -0.661. The Labute approximate surface area is 232 Å². The fourth-order valence-corrected chi connectivity index (χ4v) is 4.51. The molecule has 1 aliphatic heterocycles. The zero-order valence-corrected chi connectivity index (χ0v) is 22.9. The van der Waals surface area contributed by atoms with Crippen LogP contribution in [0.25, 0.3) is 0 Å². The summed E-state index contributed by atoms with van der Waals surface area (Å²) >= 11 is 0. The molecule has 40 heavy (non-hydrogen) atoms. The van der Waals surface area contributed by atoms with Gasteiger partial charge in [-0.3, -0.25) is 9.59 Å². The fourth-order valence-electron chi connectivity index (χ4n) is 4.51. The first-order valence-electron chi connectivity index (χ1n) is 12.7. The summed E-state index contributed by atoms with van der Waals surface area (Å²) in [4.78, 5) is 28.3. The van der Waals surface area contributed by atoms with Gasteiger partial charge in [0.2, 0.25) is 0 Å². The highest BCUT2D eigenvalue weighted by Gasteiger charge is 2.35. The summed E-state index contributed by atoms with van der Waals surface area (Å²) in [7, 11) is 6.18. The Balaban J connectivity index is 1.68. The zero-order chi connectivity index (χ0) is 28.6. The number of amides is 2. The third-order valence-electron chi connectivity index (χ3n) is 6.66. The van der Waals surface area contributed by atoms with Gasteiger partial charge in [-0.15, -0.1) is 0 Å². The van der Waals surface area contributed by atoms with Crippen LogP contribution in [0.15, 0.2) is 71.8 Å². The Morgan fingerprint density at radius 3 is 2.33 bits per heavy atom. The smallest absolute Gasteiger partial charge is 0.262 e. The predicted molar refractivity (Wildman–Crippen MR) is 147 cm³/mol. The molecule has 4 rings (SSSR count). The number of methoxy groups -OCH3 is 4. The van der Waals surface area contributed by atoms with Gasteiger partial charge in [-0.1, -0.05) is 18.2 Å². The molecule has 0 aromatic heterocycles. The fraction of sp³-hybridized carbons (Fsp3) is 0.300. The molecule has 0 saturated heterocycles. The van der Waals surface area contributed by atoms with Crippen molar-refractivity contribution in [2.24, 2.45) is 5.10 Å². The van der Waals surface area contributed by atoms with E-state index in [1.54, 1.807) is 33.5 Å². The van der Waals surface area contributed by atoms with E-state index in [9.17, 15) is 14.0 Å². The number of carbonyl (C=O) groups excluding carboxylic acids is 2. The normalized spacial score (nSPS) is 14.5. The van der Waals surface area contributed by atoms with E-state index in [2.05, 4.69) is 0 Å². The van der Waals surface area contributed by atoms with Gasteiger partial charge in [-0.05, 0) is 59.7 Å². The molecule has 3 aromatic rings. The second-order valence-electron chi connectivity index (χ2n) is 9.05. The maximum absolute atomic E-state index is 14.4. The molecule has 0 spiro atoms. The maximum Gasteiger partial charge on any atom is 0.262 e. The van der Waals surface area contributed by atoms with Gasteiger partial charge in [0, 0.05) is 20.1 Å². The Bertz CT molecular complexity index is 1380. The van der Waals surface area contributed by atoms with Crippen LogP contribution >= 0.6 is 0 Å². The molecule has 9 nitrogen and oxygen atoms in total. The van der Waals surface area contributed by atoms with Crippen molar-refractivity contribution in [2.75, 3.05) is 48.1 Å². The molecular formula is C30H32FN3O6. The number of nitrogens with zero attached hydrogens (tertiary/aromatic N) is 3. The van der Waals surface area contributed by atoms with Crippen LogP contribution in [-0.4, -0.2) is 75.6 Å². The minimum absolute atomic E-state index is 0.0966. The van der Waals surface area contributed by atoms with Crippen molar-refractivity contribution in [3.8, 4) is 17.2 Å². The predicted octanol–water partition coefficient (Wildman–Crippen LogP) is 4.32. The summed E-state index contributed by atoms with van der Waals surface area (Å²) < 4.78 is 35.7. The first kappa shape index (κ1) is 28.6. The molecule has 0 aliphatic carbocycles. The molecule has 0 radical (unpaired) electrons. The summed E-state index contributed by atoms with van der Waals surface area (Å²) in [6.07, 6.45) is 0.423. The third-order valence-corrected chi connectivity index (χ3v) is 6.66. The van der Waals surface area contributed by atoms with Crippen molar-refractivity contribution < 1.29 is 32.9 Å². The van der Waals surface area contributed by atoms with E-state index in [4.69, 9.17) is 24.0 Å². The van der Waals surface area contributed by atoms with Crippen molar-refractivity contribution in [3.63, 3.8) is 0 Å². The molecule has 1 atom stereocenters. The monoisotopic (exact) mass is 549 g/mol. The molecule has 0 bridgehead atoms. The lowest BCUT2D eigenvalue weighted by Crippen LogP contribution is -2.43. The van der Waals surface area contributed by atoms with Crippen LogP contribution in [0.2, 0.25) is 0 Å². The molecule has 210 valence electrons. The Hall–Kier alpha value is -4.44. The van der Waals surface area contributed by atoms with Crippen molar-refractivity contribution in [1.82, 2.24) is 9.91 Å². The molecule has 1 heterocycles. The van der Waals surface area contributed by atoms with Gasteiger partial charge in [-0.2, -0.15) is 5.10 Å². The highest BCUT2D eigenvalue weighted by atomic mass is 19.1. The highest BCUT2D eigenvalue weighted by molar-refractivity contribution is 6.04. The highest BCUT2D eigenvalue weighted by Crippen LogP contribution is 2.37. The van der Waals surface area contributed by atoms with Crippen molar-refractivity contribution in [3.05, 3.63) is 89.2 Å². The van der Waals surface area contributed by atoms with Crippen LogP contribution in [-0.2, 0) is 9.53 Å². The van der Waals surface area contributed by atoms with Gasteiger partial charge in [-0.25, -0.2) is 9.40 Å². The number of hydrogen-bond donors (Lipinski definition) is 0. The number of hydrogen-bond acceptors (Lipinski definition) is 7. The lowest BCUT2D eigenvalue weighted by molar-refractivity contribution is -0.133. The average Bonchev–Trinajstić information content (AvgIpc) is 3.44. The van der Waals surface area contributed by atoms with Crippen molar-refractivity contribution in [1.29, 1.82) is 0 Å². The SMILES string of the molecule is COCCN(CC(=O)N1N=C(c2ccc(OC)cc2)C[C@H]1c1ccc(OC)c(OC)c1)C(=O)c1ccccc1F. The molecule has 10 heteroatoms. The summed E-state index contributed by atoms with van der Waals surface area (Å²) in [5.74, 6) is 0.0777. The van der Waals surface area contributed by atoms with E-state index in [-0.39, 0.29) is 25.3 Å². The standard InChI is InChI=1S/C30H32FN3O6/c1-37-16-15-33(30(36)23-7-5-6-8-24(23)31)19-29(35)34-26(21-11-14-27(39-3)28(17-21)40-4)18-25(32-34)20-9-12-22(38-2)13-10-20/h5-14,17,26H,15-16,18-19H2,1-4H3/t26-/m0/s1. The number of carbonyl (C=O) groups is 2. The number of hydrazone groups is 1. The Morgan fingerprint density at radius 2 is 1.68 bits per heavy atom. The van der Waals surface area contributed by atoms with Crippen LogP contribution in [0.1, 0.15) is 33.9 Å². The lowest BCUT2D eigenvalue weighted by Gasteiger charge is -2.27. The quantitative estimate of drug-likeness (QED) is 0.354. The first-order chi connectivity index (χ1) is 19.4. The second kappa shape index (κ2) is 13.1. The topological polar surface area (TPSA) is 89.9 Å². The second-order valence-corrected chi connectivity index (χ2v) is 9.05. The molecule has 3 aromatic carbocycles. The molecule has 1 aliphatic rings. The summed E-state index contributed by atoms with van der Waals surface area (Å²) in [5.41, 5.74) is 2.19. The van der Waals surface area contributed by atoms with E-state index in [1.165, 1.54) is 35.2 Å². The lowest BCUT2D eigenvalue weighted by atomic mass is 9.98. The zero-order valence-electron chi connectivity index (χ0n) is 22.9. The summed E-state index contributed by atoms with van der Waals surface area (Å²) in [6, 6.07) is 18.1. The van der Waals surface area contributed by atoms with Gasteiger partial charge in [0.1, 0.15) is 18.1 Å². The maximum atomic E-state index is 14.4. The van der Waals surface area contributed by atoms with Crippen molar-refractivity contribution >= 4 is 17.5 Å². The number of rotatable bonds is 11. The van der Waals surface area contributed by atoms with Crippen LogP contribution in [0.3, 0.4) is 0 Å². The summed E-state index contributed by atoms with van der Waals surface area (Å²) in [6.45, 7) is -0.0496. The molecule has 0 N–H and O–H groups in total. The molecular weight excluding hydrogens is 517 g/mol. The van der Waals surface area contributed by atoms with Gasteiger partial charge in [0.15, 0.2) is 11.5 Å². The number of benzene rings is 3. The van der Waals surface area contributed by atoms with E-state index in [0.29, 0.717) is 29.4 Å². The van der Waals surface area contributed by atoms with Crippen LogP contribution in [0.5, 0.6) is 17.2 Å². The molecule has 0 saturated carbocycles. The molecule has 0 fully saturated rings. The minimum Gasteiger partial charge on any atom is -0.497 e. The van der Waals surface area contributed by atoms with Gasteiger partial charge in [0.05, 0.1) is 45.3 Å². The van der Waals surface area contributed by atoms with Crippen LogP contribution in [0.4, 0.5) is 4.39 Å². The largest absolute Gasteiger partial charge is 0.497 e. The van der Waals surface area contributed by atoms with E-state index >= 15 is 0 Å². The van der Waals surface area contributed by atoms with E-state index < -0.39 is 23.7 Å². The Kier molecular flexibility index (Phi) is 9.34. The molecule has 2 amide bonds. The number of halogens is 1. The van der Waals surface area contributed by atoms with Gasteiger partial charge in [0.25, 0.3) is 11.8 Å². The number of ether oxygens (including phenoxy) is 4. The van der Waals surface area contributed by atoms with Gasteiger partial charge < -0.3 is 23.8 Å². The first-order valence-corrected chi connectivity index (χ1v) is 12.7. The van der Waals surface area contributed by atoms with E-state index in [1.807, 2.05) is 36.4 Å². The Morgan fingerprint density at radius 1 is 0.950 bits per heavy atom. The van der Waals surface area contributed by atoms with Crippen LogP contribution < -0.4 is 14.2 Å². The van der Waals surface area contributed by atoms with Crippen LogP contribution in [0, 0.1) is 5.82 Å².